The van der Waals surface area contributed by atoms with Crippen LogP contribution in [0.2, 0.25) is 5.02 Å². The van der Waals surface area contributed by atoms with Crippen molar-refractivity contribution in [3.05, 3.63) is 87.9 Å². The van der Waals surface area contributed by atoms with Crippen LogP contribution in [0.5, 0.6) is 5.75 Å². The summed E-state index contributed by atoms with van der Waals surface area (Å²) in [6.45, 7) is 2.24. The van der Waals surface area contributed by atoms with E-state index >= 15 is 0 Å². The van der Waals surface area contributed by atoms with Gasteiger partial charge in [0, 0.05) is 16.0 Å². The maximum absolute atomic E-state index is 13.4. The number of carbonyl (C=O) groups is 1. The van der Waals surface area contributed by atoms with Gasteiger partial charge in [-0.2, -0.15) is 0 Å². The molecule has 0 fully saturated rings. The lowest BCUT2D eigenvalue weighted by molar-refractivity contribution is -0.119. The summed E-state index contributed by atoms with van der Waals surface area (Å²) < 4.78 is 34.1. The van der Waals surface area contributed by atoms with Crippen LogP contribution in [0, 0.1) is 0 Å². The molecule has 168 valence electrons. The van der Waals surface area contributed by atoms with Crippen LogP contribution in [0.25, 0.3) is 0 Å². The maximum Gasteiger partial charge on any atom is 0.264 e. The Hall–Kier alpha value is -2.55. The Labute approximate surface area is 201 Å². The van der Waals surface area contributed by atoms with E-state index in [-0.39, 0.29) is 18.0 Å². The number of hydrogen-bond donors (Lipinski definition) is 1. The molecule has 6 nitrogen and oxygen atoms in total. The number of nitrogens with zero attached hydrogens (tertiary/aromatic N) is 1. The van der Waals surface area contributed by atoms with Gasteiger partial charge in [0.2, 0.25) is 5.91 Å². The van der Waals surface area contributed by atoms with Crippen LogP contribution < -0.4 is 14.4 Å². The standard InChI is InChI=1S/C23H22BrClN2O4S/c1-2-31-21-11-9-20(10-12-21)27(32(29,30)22-13-5-18(24)6-14-22)16-23(28)26-15-17-3-7-19(25)8-4-17/h3-14H,2,15-16H2,1H3,(H,26,28). The van der Waals surface area contributed by atoms with Gasteiger partial charge in [0.25, 0.3) is 10.0 Å². The zero-order chi connectivity index (χ0) is 23.1. The summed E-state index contributed by atoms with van der Waals surface area (Å²) in [6, 6.07) is 19.9. The molecule has 0 aliphatic rings. The van der Waals surface area contributed by atoms with Crippen molar-refractivity contribution in [1.29, 1.82) is 0 Å². The first-order valence-corrected chi connectivity index (χ1v) is 12.4. The van der Waals surface area contributed by atoms with Gasteiger partial charge in [-0.25, -0.2) is 8.42 Å². The van der Waals surface area contributed by atoms with Gasteiger partial charge < -0.3 is 10.1 Å². The summed E-state index contributed by atoms with van der Waals surface area (Å²) in [5.41, 5.74) is 1.21. The van der Waals surface area contributed by atoms with E-state index in [9.17, 15) is 13.2 Å². The summed E-state index contributed by atoms with van der Waals surface area (Å²) in [7, 11) is -3.99. The lowest BCUT2D eigenvalue weighted by atomic mass is 10.2. The lowest BCUT2D eigenvalue weighted by Crippen LogP contribution is -2.40. The number of ether oxygens (including phenoxy) is 1. The fraction of sp³-hybridized carbons (Fsp3) is 0.174. The number of amides is 1. The van der Waals surface area contributed by atoms with Crippen molar-refractivity contribution in [1.82, 2.24) is 5.32 Å². The topological polar surface area (TPSA) is 75.7 Å². The number of anilines is 1. The average Bonchev–Trinajstić information content (AvgIpc) is 2.78. The highest BCUT2D eigenvalue weighted by molar-refractivity contribution is 9.10. The minimum Gasteiger partial charge on any atom is -0.494 e. The van der Waals surface area contributed by atoms with E-state index in [1.807, 2.05) is 6.92 Å². The number of halogens is 2. The number of hydrogen-bond acceptors (Lipinski definition) is 4. The van der Waals surface area contributed by atoms with Crippen molar-refractivity contribution in [2.24, 2.45) is 0 Å². The molecule has 0 radical (unpaired) electrons. The first-order chi connectivity index (χ1) is 15.3. The van der Waals surface area contributed by atoms with Crippen LogP contribution in [0.3, 0.4) is 0 Å². The number of nitrogens with one attached hydrogen (secondary N) is 1. The Morgan fingerprint density at radius 2 is 1.62 bits per heavy atom. The Morgan fingerprint density at radius 3 is 2.22 bits per heavy atom. The zero-order valence-corrected chi connectivity index (χ0v) is 20.5. The molecular formula is C23H22BrClN2O4S. The minimum atomic E-state index is -3.99. The molecule has 3 aromatic rings. The Morgan fingerprint density at radius 1 is 1.00 bits per heavy atom. The molecule has 0 aliphatic carbocycles. The second-order valence-electron chi connectivity index (χ2n) is 6.80. The van der Waals surface area contributed by atoms with Crippen molar-refractivity contribution in [2.45, 2.75) is 18.4 Å². The quantitative estimate of drug-likeness (QED) is 0.416. The van der Waals surface area contributed by atoms with Gasteiger partial charge in [-0.15, -0.1) is 0 Å². The van der Waals surface area contributed by atoms with Crippen molar-refractivity contribution in [2.75, 3.05) is 17.5 Å². The monoisotopic (exact) mass is 536 g/mol. The Balaban J connectivity index is 1.84. The smallest absolute Gasteiger partial charge is 0.264 e. The normalized spacial score (nSPS) is 11.1. The molecule has 0 atom stereocenters. The van der Waals surface area contributed by atoms with E-state index in [1.54, 1.807) is 60.7 Å². The highest BCUT2D eigenvalue weighted by atomic mass is 79.9. The lowest BCUT2D eigenvalue weighted by Gasteiger charge is -2.24. The molecule has 32 heavy (non-hydrogen) atoms. The number of sulfonamides is 1. The molecule has 0 saturated heterocycles. The predicted octanol–water partition coefficient (Wildman–Crippen LogP) is 5.01. The summed E-state index contributed by atoms with van der Waals surface area (Å²) >= 11 is 9.20. The van der Waals surface area contributed by atoms with Crippen LogP contribution in [-0.4, -0.2) is 27.5 Å². The van der Waals surface area contributed by atoms with E-state index in [4.69, 9.17) is 16.3 Å². The maximum atomic E-state index is 13.4. The van der Waals surface area contributed by atoms with Gasteiger partial charge in [0.05, 0.1) is 17.2 Å². The molecular weight excluding hydrogens is 516 g/mol. The molecule has 9 heteroatoms. The summed E-state index contributed by atoms with van der Waals surface area (Å²) in [6.07, 6.45) is 0. The summed E-state index contributed by atoms with van der Waals surface area (Å²) in [5, 5.41) is 3.36. The average molecular weight is 538 g/mol. The van der Waals surface area contributed by atoms with Gasteiger partial charge >= 0.3 is 0 Å². The van der Waals surface area contributed by atoms with Gasteiger partial charge in [0.15, 0.2) is 0 Å². The third-order valence-corrected chi connectivity index (χ3v) is 7.10. The van der Waals surface area contributed by atoms with Gasteiger partial charge in [0.1, 0.15) is 12.3 Å². The molecule has 0 heterocycles. The summed E-state index contributed by atoms with van der Waals surface area (Å²) in [4.78, 5) is 12.8. The largest absolute Gasteiger partial charge is 0.494 e. The molecule has 0 spiro atoms. The fourth-order valence-electron chi connectivity index (χ4n) is 2.91. The molecule has 3 aromatic carbocycles. The van der Waals surface area contributed by atoms with Gasteiger partial charge in [-0.1, -0.05) is 39.7 Å². The van der Waals surface area contributed by atoms with E-state index in [0.717, 1.165) is 14.3 Å². The van der Waals surface area contributed by atoms with Crippen molar-refractivity contribution in [3.63, 3.8) is 0 Å². The van der Waals surface area contributed by atoms with Gasteiger partial charge in [-0.3, -0.25) is 9.10 Å². The highest BCUT2D eigenvalue weighted by Gasteiger charge is 2.27. The molecule has 1 N–H and O–H groups in total. The van der Waals surface area contributed by atoms with Crippen molar-refractivity contribution in [3.8, 4) is 5.75 Å². The van der Waals surface area contributed by atoms with E-state index in [2.05, 4.69) is 21.2 Å². The van der Waals surface area contributed by atoms with Crippen molar-refractivity contribution >= 4 is 49.1 Å². The van der Waals surface area contributed by atoms with Crippen LogP contribution >= 0.6 is 27.5 Å². The number of carbonyl (C=O) groups excluding carboxylic acids is 1. The fourth-order valence-corrected chi connectivity index (χ4v) is 4.72. The Kier molecular flexibility index (Phi) is 8.17. The Bertz CT molecular complexity index is 1150. The number of benzene rings is 3. The molecule has 0 aliphatic heterocycles. The van der Waals surface area contributed by atoms with Crippen LogP contribution in [0.4, 0.5) is 5.69 Å². The van der Waals surface area contributed by atoms with E-state index in [0.29, 0.717) is 23.1 Å². The van der Waals surface area contributed by atoms with Crippen LogP contribution in [0.1, 0.15) is 12.5 Å². The third-order valence-electron chi connectivity index (χ3n) is 4.53. The molecule has 1 amide bonds. The first kappa shape index (κ1) is 24.1. The second kappa shape index (κ2) is 10.8. The SMILES string of the molecule is CCOc1ccc(N(CC(=O)NCc2ccc(Cl)cc2)S(=O)(=O)c2ccc(Br)cc2)cc1. The highest BCUT2D eigenvalue weighted by Crippen LogP contribution is 2.26. The first-order valence-electron chi connectivity index (χ1n) is 9.82. The molecule has 0 aromatic heterocycles. The molecule has 3 rings (SSSR count). The molecule has 0 bridgehead atoms. The van der Waals surface area contributed by atoms with E-state index < -0.39 is 15.9 Å². The van der Waals surface area contributed by atoms with Crippen LogP contribution in [0.15, 0.2) is 82.2 Å². The van der Waals surface area contributed by atoms with Crippen molar-refractivity contribution < 1.29 is 17.9 Å². The van der Waals surface area contributed by atoms with Gasteiger partial charge in [-0.05, 0) is 73.2 Å². The minimum absolute atomic E-state index is 0.0834. The summed E-state index contributed by atoms with van der Waals surface area (Å²) in [5.74, 6) is 0.180. The van der Waals surface area contributed by atoms with Crippen LogP contribution in [-0.2, 0) is 21.4 Å². The van der Waals surface area contributed by atoms with E-state index in [1.165, 1.54) is 12.1 Å². The predicted molar refractivity (Wildman–Crippen MR) is 130 cm³/mol. The molecule has 0 saturated carbocycles. The second-order valence-corrected chi connectivity index (χ2v) is 10.0. The number of rotatable bonds is 9. The third kappa shape index (κ3) is 6.25. The molecule has 0 unspecified atom stereocenters. The zero-order valence-electron chi connectivity index (χ0n) is 17.3.